The maximum Gasteiger partial charge on any atom is 0.149 e. The molecule has 3 rings (SSSR count). The third-order valence-electron chi connectivity index (χ3n) is 3.01. The molecule has 3 nitrogen and oxygen atoms in total. The van der Waals surface area contributed by atoms with Crippen molar-refractivity contribution in [1.29, 1.82) is 0 Å². The van der Waals surface area contributed by atoms with Gasteiger partial charge in [-0.05, 0) is 31.9 Å². The molecule has 0 aliphatic heterocycles. The van der Waals surface area contributed by atoms with Crippen molar-refractivity contribution in [2.24, 2.45) is 5.73 Å². The van der Waals surface area contributed by atoms with Crippen molar-refractivity contribution in [3.05, 3.63) is 29.8 Å². The van der Waals surface area contributed by atoms with Gasteiger partial charge >= 0.3 is 0 Å². The first-order chi connectivity index (χ1) is 7.68. The molecular formula is C12H14FN3. The minimum atomic E-state index is -0.205. The highest BCUT2D eigenvalue weighted by Gasteiger charge is 2.30. The van der Waals surface area contributed by atoms with E-state index in [4.69, 9.17) is 5.73 Å². The molecule has 2 aromatic rings. The number of rotatable bonds is 2. The number of hydrogen-bond acceptors (Lipinski definition) is 2. The summed E-state index contributed by atoms with van der Waals surface area (Å²) < 4.78 is 15.8. The van der Waals surface area contributed by atoms with Crippen LogP contribution in [-0.2, 0) is 0 Å². The van der Waals surface area contributed by atoms with E-state index in [1.165, 1.54) is 6.07 Å². The zero-order valence-electron chi connectivity index (χ0n) is 9.15. The molecule has 0 bridgehead atoms. The van der Waals surface area contributed by atoms with E-state index in [0.717, 1.165) is 18.7 Å². The number of imidazole rings is 1. The van der Waals surface area contributed by atoms with E-state index in [1.807, 2.05) is 17.6 Å². The van der Waals surface area contributed by atoms with Crippen LogP contribution in [0.25, 0.3) is 11.0 Å². The fourth-order valence-corrected chi connectivity index (χ4v) is 2.15. The zero-order chi connectivity index (χ0) is 11.3. The number of aromatic nitrogens is 2. The normalized spacial score (nSPS) is 17.9. The van der Waals surface area contributed by atoms with Gasteiger partial charge in [-0.1, -0.05) is 6.07 Å². The molecule has 1 heterocycles. The molecule has 0 unspecified atom stereocenters. The molecular weight excluding hydrogens is 205 g/mol. The zero-order valence-corrected chi connectivity index (χ0v) is 9.15. The fourth-order valence-electron chi connectivity index (χ4n) is 2.15. The van der Waals surface area contributed by atoms with Crippen LogP contribution in [0.15, 0.2) is 18.2 Å². The maximum atomic E-state index is 13.8. The van der Waals surface area contributed by atoms with Crippen molar-refractivity contribution in [3.63, 3.8) is 0 Å². The van der Waals surface area contributed by atoms with Gasteiger partial charge in [-0.15, -0.1) is 0 Å². The number of fused-ring (bicyclic) bond motifs is 1. The highest BCUT2D eigenvalue weighted by Crippen LogP contribution is 2.40. The van der Waals surface area contributed by atoms with Crippen LogP contribution in [0.2, 0.25) is 0 Å². The molecule has 1 aromatic carbocycles. The number of hydrogen-bond donors (Lipinski definition) is 1. The van der Waals surface area contributed by atoms with E-state index in [-0.39, 0.29) is 11.9 Å². The van der Waals surface area contributed by atoms with Gasteiger partial charge < -0.3 is 10.3 Å². The molecule has 1 saturated carbocycles. The molecule has 1 fully saturated rings. The fraction of sp³-hybridized carbons (Fsp3) is 0.417. The van der Waals surface area contributed by atoms with Gasteiger partial charge in [0.1, 0.15) is 17.2 Å². The average Bonchev–Trinajstić information content (AvgIpc) is 2.99. The number of benzene rings is 1. The maximum absolute atomic E-state index is 13.8. The Morgan fingerprint density at radius 2 is 2.25 bits per heavy atom. The van der Waals surface area contributed by atoms with Gasteiger partial charge in [0.25, 0.3) is 0 Å². The number of halogens is 1. The van der Waals surface area contributed by atoms with Crippen molar-refractivity contribution in [1.82, 2.24) is 9.55 Å². The molecule has 0 amide bonds. The van der Waals surface area contributed by atoms with Crippen LogP contribution in [0.3, 0.4) is 0 Å². The number of para-hydroxylation sites is 1. The summed E-state index contributed by atoms with van der Waals surface area (Å²) in [6.07, 6.45) is 2.19. The van der Waals surface area contributed by atoms with Gasteiger partial charge in [0.2, 0.25) is 0 Å². The Kier molecular flexibility index (Phi) is 2.01. The summed E-state index contributed by atoms with van der Waals surface area (Å²) in [4.78, 5) is 4.43. The second kappa shape index (κ2) is 3.28. The van der Waals surface area contributed by atoms with E-state index >= 15 is 0 Å². The summed E-state index contributed by atoms with van der Waals surface area (Å²) in [6, 6.07) is 5.24. The van der Waals surface area contributed by atoms with E-state index < -0.39 is 0 Å². The molecule has 0 radical (unpaired) electrons. The Hall–Kier alpha value is -1.42. The van der Waals surface area contributed by atoms with E-state index in [0.29, 0.717) is 17.1 Å². The van der Waals surface area contributed by atoms with E-state index in [9.17, 15) is 4.39 Å². The van der Waals surface area contributed by atoms with Crippen LogP contribution < -0.4 is 5.73 Å². The second-order valence-electron chi connectivity index (χ2n) is 4.47. The summed E-state index contributed by atoms with van der Waals surface area (Å²) in [7, 11) is 0. The molecule has 1 aromatic heterocycles. The third kappa shape index (κ3) is 1.33. The highest BCUT2D eigenvalue weighted by atomic mass is 19.1. The summed E-state index contributed by atoms with van der Waals surface area (Å²) in [5, 5.41) is 0. The molecule has 1 aliphatic carbocycles. The third-order valence-corrected chi connectivity index (χ3v) is 3.01. The first-order valence-electron chi connectivity index (χ1n) is 5.60. The topological polar surface area (TPSA) is 43.8 Å². The molecule has 2 N–H and O–H groups in total. The van der Waals surface area contributed by atoms with Crippen LogP contribution >= 0.6 is 0 Å². The quantitative estimate of drug-likeness (QED) is 0.843. The molecule has 0 saturated heterocycles. The standard InChI is InChI=1S/C12H14FN3/c1-7(14)12-15-10-4-2-3-9(13)11(10)16(12)8-5-6-8/h2-4,7-8H,5-6,14H2,1H3/t7-/m0/s1. The van der Waals surface area contributed by atoms with Gasteiger partial charge in [-0.25, -0.2) is 9.37 Å². The largest absolute Gasteiger partial charge is 0.322 e. The van der Waals surface area contributed by atoms with Crippen LogP contribution in [-0.4, -0.2) is 9.55 Å². The lowest BCUT2D eigenvalue weighted by molar-refractivity contribution is 0.603. The van der Waals surface area contributed by atoms with Crippen molar-refractivity contribution >= 4 is 11.0 Å². The van der Waals surface area contributed by atoms with Crippen LogP contribution in [0, 0.1) is 5.82 Å². The Morgan fingerprint density at radius 3 is 2.88 bits per heavy atom. The first kappa shape index (κ1) is 9.78. The number of nitrogens with zero attached hydrogens (tertiary/aromatic N) is 2. The lowest BCUT2D eigenvalue weighted by atomic mass is 10.3. The SMILES string of the molecule is C[C@H](N)c1nc2cccc(F)c2n1C1CC1. The van der Waals surface area contributed by atoms with Gasteiger partial charge in [-0.3, -0.25) is 0 Å². The minimum absolute atomic E-state index is 0.160. The van der Waals surface area contributed by atoms with Gasteiger partial charge in [-0.2, -0.15) is 0 Å². The molecule has 0 spiro atoms. The molecule has 84 valence electrons. The number of nitrogens with two attached hydrogens (primary N) is 1. The summed E-state index contributed by atoms with van der Waals surface area (Å²) in [5.41, 5.74) is 7.20. The lowest BCUT2D eigenvalue weighted by Gasteiger charge is -2.10. The predicted molar refractivity (Wildman–Crippen MR) is 60.6 cm³/mol. The Labute approximate surface area is 93.1 Å². The molecule has 16 heavy (non-hydrogen) atoms. The molecule has 4 heteroatoms. The Bertz CT molecular complexity index is 540. The van der Waals surface area contributed by atoms with Crippen molar-refractivity contribution in [2.45, 2.75) is 31.8 Å². The summed E-state index contributed by atoms with van der Waals surface area (Å²) in [6.45, 7) is 1.89. The van der Waals surface area contributed by atoms with Gasteiger partial charge in [0, 0.05) is 6.04 Å². The summed E-state index contributed by atoms with van der Waals surface area (Å²) >= 11 is 0. The van der Waals surface area contributed by atoms with Crippen molar-refractivity contribution < 1.29 is 4.39 Å². The van der Waals surface area contributed by atoms with Gasteiger partial charge in [0.05, 0.1) is 11.6 Å². The first-order valence-corrected chi connectivity index (χ1v) is 5.60. The van der Waals surface area contributed by atoms with Crippen LogP contribution in [0.4, 0.5) is 4.39 Å². The molecule has 1 aliphatic rings. The minimum Gasteiger partial charge on any atom is -0.322 e. The second-order valence-corrected chi connectivity index (χ2v) is 4.47. The summed E-state index contributed by atoms with van der Waals surface area (Å²) in [5.74, 6) is 0.589. The average molecular weight is 219 g/mol. The monoisotopic (exact) mass is 219 g/mol. The van der Waals surface area contributed by atoms with Crippen molar-refractivity contribution in [2.75, 3.05) is 0 Å². The van der Waals surface area contributed by atoms with E-state index in [2.05, 4.69) is 4.98 Å². The van der Waals surface area contributed by atoms with Gasteiger partial charge in [0.15, 0.2) is 0 Å². The van der Waals surface area contributed by atoms with Crippen molar-refractivity contribution in [3.8, 4) is 0 Å². The van der Waals surface area contributed by atoms with E-state index in [1.54, 1.807) is 6.07 Å². The Morgan fingerprint density at radius 1 is 1.50 bits per heavy atom. The Balaban J connectivity index is 2.34. The smallest absolute Gasteiger partial charge is 0.149 e. The predicted octanol–water partition coefficient (Wildman–Crippen LogP) is 2.53. The molecule has 1 atom stereocenters. The van der Waals surface area contributed by atoms with Crippen LogP contribution in [0.1, 0.15) is 37.7 Å². The lowest BCUT2D eigenvalue weighted by Crippen LogP contribution is -2.13. The van der Waals surface area contributed by atoms with Crippen LogP contribution in [0.5, 0.6) is 0 Å². The highest BCUT2D eigenvalue weighted by molar-refractivity contribution is 5.77.